The minimum absolute atomic E-state index is 0.165. The second-order valence-corrected chi connectivity index (χ2v) is 6.21. The van der Waals surface area contributed by atoms with Gasteiger partial charge in [-0.3, -0.25) is 9.59 Å². The number of ether oxygens (including phenoxy) is 1. The third kappa shape index (κ3) is 5.91. The Morgan fingerprint density at radius 2 is 1.85 bits per heavy atom. The van der Waals surface area contributed by atoms with Crippen LogP contribution >= 0.6 is 0 Å². The first-order valence-corrected chi connectivity index (χ1v) is 8.44. The summed E-state index contributed by atoms with van der Waals surface area (Å²) in [5.74, 6) is -0.824. The second kappa shape index (κ2) is 9.47. The minimum Gasteiger partial charge on any atom is -0.497 e. The normalized spacial score (nSPS) is 12.0. The Kier molecular flexibility index (Phi) is 7.05. The number of hydrogen-bond acceptors (Lipinski definition) is 4. The molecule has 2 aromatic rings. The first-order valence-electron chi connectivity index (χ1n) is 8.44. The summed E-state index contributed by atoms with van der Waals surface area (Å²) >= 11 is 0. The zero-order valence-electron chi connectivity index (χ0n) is 15.4. The number of nitrogens with zero attached hydrogens (tertiary/aromatic N) is 1. The van der Waals surface area contributed by atoms with Gasteiger partial charge in [0, 0.05) is 5.56 Å². The standard InChI is InChI=1S/C20H22FN3O3/c1-13(2)18(23-19(25)15-7-9-16(21)10-8-15)20(26)24-22-12-14-5-4-6-17(11-14)27-3/h4-13,18H,1-3H3,(H,23,25)(H,24,26)/b22-12+. The van der Waals surface area contributed by atoms with E-state index in [2.05, 4.69) is 15.8 Å². The van der Waals surface area contributed by atoms with Crippen LogP contribution in [0.5, 0.6) is 5.75 Å². The van der Waals surface area contributed by atoms with Crippen LogP contribution in [0, 0.1) is 11.7 Å². The highest BCUT2D eigenvalue weighted by atomic mass is 19.1. The van der Waals surface area contributed by atoms with Crippen LogP contribution in [0.4, 0.5) is 4.39 Å². The van der Waals surface area contributed by atoms with E-state index in [4.69, 9.17) is 4.74 Å². The van der Waals surface area contributed by atoms with Gasteiger partial charge in [-0.1, -0.05) is 26.0 Å². The molecule has 0 radical (unpaired) electrons. The van der Waals surface area contributed by atoms with Crippen molar-refractivity contribution in [2.24, 2.45) is 11.0 Å². The first kappa shape index (κ1) is 20.1. The molecule has 0 aromatic heterocycles. The average molecular weight is 371 g/mol. The number of methoxy groups -OCH3 is 1. The molecule has 0 aliphatic rings. The molecule has 1 atom stereocenters. The van der Waals surface area contributed by atoms with Crippen molar-refractivity contribution in [3.63, 3.8) is 0 Å². The molecule has 2 amide bonds. The molecule has 0 bridgehead atoms. The molecule has 0 heterocycles. The summed E-state index contributed by atoms with van der Waals surface area (Å²) in [5.41, 5.74) is 3.46. The number of halogens is 1. The summed E-state index contributed by atoms with van der Waals surface area (Å²) < 4.78 is 18.1. The molecule has 7 heteroatoms. The number of carbonyl (C=O) groups is 2. The van der Waals surface area contributed by atoms with Crippen LogP contribution in [-0.2, 0) is 4.79 Å². The topological polar surface area (TPSA) is 79.8 Å². The van der Waals surface area contributed by atoms with Crippen molar-refractivity contribution in [3.8, 4) is 5.75 Å². The smallest absolute Gasteiger partial charge is 0.262 e. The fourth-order valence-electron chi connectivity index (χ4n) is 2.32. The van der Waals surface area contributed by atoms with E-state index < -0.39 is 23.7 Å². The molecule has 0 fully saturated rings. The molecule has 1 unspecified atom stereocenters. The van der Waals surface area contributed by atoms with E-state index in [0.717, 1.165) is 5.56 Å². The van der Waals surface area contributed by atoms with Crippen molar-refractivity contribution in [3.05, 3.63) is 65.5 Å². The molecular weight excluding hydrogens is 349 g/mol. The molecule has 0 aliphatic heterocycles. The number of nitrogens with one attached hydrogen (secondary N) is 2. The van der Waals surface area contributed by atoms with Gasteiger partial charge >= 0.3 is 0 Å². The van der Waals surface area contributed by atoms with E-state index >= 15 is 0 Å². The van der Waals surface area contributed by atoms with Crippen LogP contribution in [0.2, 0.25) is 0 Å². The summed E-state index contributed by atoms with van der Waals surface area (Å²) in [4.78, 5) is 24.7. The molecule has 2 N–H and O–H groups in total. The van der Waals surface area contributed by atoms with E-state index in [1.807, 2.05) is 12.1 Å². The highest BCUT2D eigenvalue weighted by molar-refractivity contribution is 5.97. The van der Waals surface area contributed by atoms with Crippen LogP contribution < -0.4 is 15.5 Å². The molecule has 2 rings (SSSR count). The van der Waals surface area contributed by atoms with Crippen molar-refractivity contribution >= 4 is 18.0 Å². The van der Waals surface area contributed by atoms with Gasteiger partial charge < -0.3 is 10.1 Å². The zero-order chi connectivity index (χ0) is 19.8. The highest BCUT2D eigenvalue weighted by Crippen LogP contribution is 2.11. The average Bonchev–Trinajstić information content (AvgIpc) is 2.66. The van der Waals surface area contributed by atoms with Gasteiger partial charge in [0.2, 0.25) is 0 Å². The number of rotatable bonds is 7. The van der Waals surface area contributed by atoms with Crippen LogP contribution in [0.25, 0.3) is 0 Å². The molecule has 142 valence electrons. The fourth-order valence-corrected chi connectivity index (χ4v) is 2.32. The summed E-state index contributed by atoms with van der Waals surface area (Å²) in [7, 11) is 1.56. The molecule has 6 nitrogen and oxygen atoms in total. The molecule has 0 aliphatic carbocycles. The monoisotopic (exact) mass is 371 g/mol. The van der Waals surface area contributed by atoms with Gasteiger partial charge in [-0.05, 0) is 47.9 Å². The van der Waals surface area contributed by atoms with Crippen LogP contribution in [-0.4, -0.2) is 31.2 Å². The number of hydrazone groups is 1. The highest BCUT2D eigenvalue weighted by Gasteiger charge is 2.24. The lowest BCUT2D eigenvalue weighted by atomic mass is 10.0. The van der Waals surface area contributed by atoms with Gasteiger partial charge in [-0.2, -0.15) is 5.10 Å². The molecular formula is C20H22FN3O3. The van der Waals surface area contributed by atoms with Crippen molar-refractivity contribution < 1.29 is 18.7 Å². The maximum atomic E-state index is 13.0. The van der Waals surface area contributed by atoms with E-state index in [1.54, 1.807) is 33.1 Å². The van der Waals surface area contributed by atoms with Gasteiger partial charge in [0.25, 0.3) is 11.8 Å². The number of amides is 2. The largest absolute Gasteiger partial charge is 0.497 e. The Morgan fingerprint density at radius 3 is 2.48 bits per heavy atom. The molecule has 0 saturated carbocycles. The predicted molar refractivity (Wildman–Crippen MR) is 101 cm³/mol. The summed E-state index contributed by atoms with van der Waals surface area (Å²) in [6.45, 7) is 3.61. The Labute approximate surface area is 157 Å². The third-order valence-electron chi connectivity index (χ3n) is 3.82. The van der Waals surface area contributed by atoms with E-state index in [-0.39, 0.29) is 11.5 Å². The van der Waals surface area contributed by atoms with Crippen molar-refractivity contribution in [1.82, 2.24) is 10.7 Å². The lowest BCUT2D eigenvalue weighted by Gasteiger charge is -2.20. The molecule has 27 heavy (non-hydrogen) atoms. The van der Waals surface area contributed by atoms with Crippen LogP contribution in [0.15, 0.2) is 53.6 Å². The van der Waals surface area contributed by atoms with Gasteiger partial charge in [0.1, 0.15) is 17.6 Å². The number of carbonyl (C=O) groups excluding carboxylic acids is 2. The quantitative estimate of drug-likeness (QED) is 0.580. The second-order valence-electron chi connectivity index (χ2n) is 6.21. The Bertz CT molecular complexity index is 819. The molecule has 2 aromatic carbocycles. The third-order valence-corrected chi connectivity index (χ3v) is 3.82. The van der Waals surface area contributed by atoms with Gasteiger partial charge in [-0.15, -0.1) is 0 Å². The van der Waals surface area contributed by atoms with Crippen molar-refractivity contribution in [2.75, 3.05) is 7.11 Å². The number of hydrogen-bond donors (Lipinski definition) is 2. The van der Waals surface area contributed by atoms with Crippen molar-refractivity contribution in [2.45, 2.75) is 19.9 Å². The van der Waals surface area contributed by atoms with E-state index in [1.165, 1.54) is 30.5 Å². The van der Waals surface area contributed by atoms with Crippen molar-refractivity contribution in [1.29, 1.82) is 0 Å². The van der Waals surface area contributed by atoms with Crippen LogP contribution in [0.3, 0.4) is 0 Å². The fraction of sp³-hybridized carbons (Fsp3) is 0.250. The molecule has 0 saturated heterocycles. The Morgan fingerprint density at radius 1 is 1.15 bits per heavy atom. The minimum atomic E-state index is -0.787. The zero-order valence-corrected chi connectivity index (χ0v) is 15.4. The summed E-state index contributed by atoms with van der Waals surface area (Å²) in [6, 6.07) is 11.5. The lowest BCUT2D eigenvalue weighted by Crippen LogP contribution is -2.48. The van der Waals surface area contributed by atoms with E-state index in [0.29, 0.717) is 5.75 Å². The van der Waals surface area contributed by atoms with Crippen LogP contribution in [0.1, 0.15) is 29.8 Å². The van der Waals surface area contributed by atoms with Gasteiger partial charge in [0.05, 0.1) is 13.3 Å². The molecule has 0 spiro atoms. The van der Waals surface area contributed by atoms with Gasteiger partial charge in [-0.25, -0.2) is 9.82 Å². The maximum Gasteiger partial charge on any atom is 0.262 e. The maximum absolute atomic E-state index is 13.0. The number of benzene rings is 2. The van der Waals surface area contributed by atoms with Gasteiger partial charge in [0.15, 0.2) is 0 Å². The first-order chi connectivity index (χ1) is 12.9. The SMILES string of the molecule is COc1cccc(/C=N/NC(=O)C(NC(=O)c2ccc(F)cc2)C(C)C)c1. The van der Waals surface area contributed by atoms with E-state index in [9.17, 15) is 14.0 Å². The predicted octanol–water partition coefficient (Wildman–Crippen LogP) is 2.74. The summed E-state index contributed by atoms with van der Waals surface area (Å²) in [5, 5.41) is 6.58. The Hall–Kier alpha value is -3.22. The lowest BCUT2D eigenvalue weighted by molar-refractivity contribution is -0.123. The summed E-state index contributed by atoms with van der Waals surface area (Å²) in [6.07, 6.45) is 1.49. The Balaban J connectivity index is 2.00.